The first-order chi connectivity index (χ1) is 15.2. The number of benzene rings is 1. The van der Waals surface area contributed by atoms with Crippen LogP contribution in [0.1, 0.15) is 19.5 Å². The van der Waals surface area contributed by atoms with E-state index in [4.69, 9.17) is 9.98 Å². The summed E-state index contributed by atoms with van der Waals surface area (Å²) in [6, 6.07) is 8.86. The summed E-state index contributed by atoms with van der Waals surface area (Å²) >= 11 is 0. The van der Waals surface area contributed by atoms with Crippen molar-refractivity contribution in [3.05, 3.63) is 52.8 Å². The number of carbonyl (C=O) groups is 1. The number of nitrogens with zero attached hydrogens (tertiary/aromatic N) is 3. The maximum atomic E-state index is 12.0. The molecular formula is C22H28N6O3S. The summed E-state index contributed by atoms with van der Waals surface area (Å²) in [7, 11) is -3.41. The number of carbonyl (C=O) groups excluding carboxylic acids is 1. The molecule has 0 aliphatic carbocycles. The number of anilines is 2. The highest BCUT2D eigenvalue weighted by Crippen LogP contribution is 2.38. The zero-order valence-electron chi connectivity index (χ0n) is 18.4. The van der Waals surface area contributed by atoms with Crippen LogP contribution in [0.3, 0.4) is 0 Å². The van der Waals surface area contributed by atoms with Crippen molar-refractivity contribution < 1.29 is 13.2 Å². The first kappa shape index (κ1) is 22.4. The largest absolute Gasteiger partial charge is 0.381 e. The summed E-state index contributed by atoms with van der Waals surface area (Å²) in [4.78, 5) is 23.9. The van der Waals surface area contributed by atoms with Gasteiger partial charge >= 0.3 is 0 Å². The molecular weight excluding hydrogens is 428 g/mol. The number of hydrogen-bond donors (Lipinski definition) is 3. The molecule has 0 saturated carbocycles. The Morgan fingerprint density at radius 1 is 1.31 bits per heavy atom. The summed E-state index contributed by atoms with van der Waals surface area (Å²) in [6.07, 6.45) is 5.76. The predicted octanol–water partition coefficient (Wildman–Crippen LogP) is 0.0128. The summed E-state index contributed by atoms with van der Waals surface area (Å²) in [5.41, 5.74) is 1.00. The molecule has 2 aromatic rings. The number of aromatic nitrogens is 1. The Labute approximate surface area is 187 Å². The molecule has 9 nitrogen and oxygen atoms in total. The maximum absolute atomic E-state index is 12.0. The number of nitrogens with one attached hydrogen (secondary N) is 3. The van der Waals surface area contributed by atoms with E-state index in [2.05, 4.69) is 34.1 Å². The Balaban J connectivity index is 1.93. The van der Waals surface area contributed by atoms with Crippen LogP contribution in [-0.4, -0.2) is 62.6 Å². The van der Waals surface area contributed by atoms with Crippen molar-refractivity contribution in [3.8, 4) is 0 Å². The van der Waals surface area contributed by atoms with Gasteiger partial charge in [0.15, 0.2) is 5.66 Å². The van der Waals surface area contributed by atoms with Gasteiger partial charge in [0, 0.05) is 42.8 Å². The van der Waals surface area contributed by atoms with Gasteiger partial charge in [-0.05, 0) is 50.3 Å². The van der Waals surface area contributed by atoms with E-state index >= 15 is 0 Å². The minimum atomic E-state index is -3.41. The van der Waals surface area contributed by atoms with Gasteiger partial charge < -0.3 is 15.4 Å². The van der Waals surface area contributed by atoms with Gasteiger partial charge in [-0.1, -0.05) is 0 Å². The number of sulfonamides is 1. The quantitative estimate of drug-likeness (QED) is 0.503. The average Bonchev–Trinajstić information content (AvgIpc) is 3.12. The Morgan fingerprint density at radius 2 is 2.12 bits per heavy atom. The fourth-order valence-corrected chi connectivity index (χ4v) is 4.84. The van der Waals surface area contributed by atoms with Crippen molar-refractivity contribution in [2.75, 3.05) is 35.9 Å². The second-order valence-corrected chi connectivity index (χ2v) is 10.2. The zero-order chi connectivity index (χ0) is 22.9. The monoisotopic (exact) mass is 456 g/mol. The lowest BCUT2D eigenvalue weighted by atomic mass is 9.97. The van der Waals surface area contributed by atoms with Crippen LogP contribution < -0.4 is 25.9 Å². The zero-order valence-corrected chi connectivity index (χ0v) is 19.2. The minimum absolute atomic E-state index is 0.175. The van der Waals surface area contributed by atoms with E-state index in [0.717, 1.165) is 23.4 Å². The van der Waals surface area contributed by atoms with E-state index in [1.165, 1.54) is 0 Å². The number of rotatable bonds is 7. The molecule has 1 aromatic heterocycles. The highest BCUT2D eigenvalue weighted by molar-refractivity contribution is 7.92. The van der Waals surface area contributed by atoms with Gasteiger partial charge in [0.1, 0.15) is 12.0 Å². The summed E-state index contributed by atoms with van der Waals surface area (Å²) in [5, 5.41) is 8.22. The van der Waals surface area contributed by atoms with E-state index < -0.39 is 15.7 Å². The van der Waals surface area contributed by atoms with Gasteiger partial charge in [0.2, 0.25) is 10.0 Å². The lowest BCUT2D eigenvalue weighted by molar-refractivity contribution is -0.115. The van der Waals surface area contributed by atoms with Crippen LogP contribution in [0.5, 0.6) is 0 Å². The van der Waals surface area contributed by atoms with Gasteiger partial charge in [-0.25, -0.2) is 8.42 Å². The summed E-state index contributed by atoms with van der Waals surface area (Å²) in [6.45, 7) is 5.94. The van der Waals surface area contributed by atoms with Gasteiger partial charge in [-0.3, -0.25) is 19.6 Å². The lowest BCUT2D eigenvalue weighted by Crippen LogP contribution is -2.59. The lowest BCUT2D eigenvalue weighted by Gasteiger charge is -2.43. The number of hydrogen-bond acceptors (Lipinski definition) is 8. The SMILES string of the molecule is CC(C)Nc1cccnc1C1(N2CCNCC2C=O)C=c2cc(NS(C)(=O)=O)ccc2=N1. The minimum Gasteiger partial charge on any atom is -0.381 e. The van der Waals surface area contributed by atoms with E-state index in [9.17, 15) is 13.2 Å². The molecule has 0 bridgehead atoms. The fraction of sp³-hybridized carbons (Fsp3) is 0.409. The Kier molecular flexibility index (Phi) is 6.02. The van der Waals surface area contributed by atoms with Crippen LogP contribution in [0.4, 0.5) is 11.4 Å². The predicted molar refractivity (Wildman–Crippen MR) is 124 cm³/mol. The third-order valence-corrected chi connectivity index (χ3v) is 6.06. The third-order valence-electron chi connectivity index (χ3n) is 5.46. The van der Waals surface area contributed by atoms with Gasteiger partial charge in [0.25, 0.3) is 0 Å². The van der Waals surface area contributed by atoms with Crippen LogP contribution in [0.2, 0.25) is 0 Å². The molecule has 0 amide bonds. The van der Waals surface area contributed by atoms with Gasteiger partial charge in [-0.2, -0.15) is 0 Å². The molecule has 3 N–H and O–H groups in total. The highest BCUT2D eigenvalue weighted by Gasteiger charge is 2.45. The molecule has 3 heterocycles. The molecule has 170 valence electrons. The fourth-order valence-electron chi connectivity index (χ4n) is 4.28. The molecule has 1 aromatic carbocycles. The molecule has 2 aliphatic heterocycles. The van der Waals surface area contributed by atoms with Crippen LogP contribution >= 0.6 is 0 Å². The molecule has 0 spiro atoms. The first-order valence-corrected chi connectivity index (χ1v) is 12.5. The smallest absolute Gasteiger partial charge is 0.229 e. The number of piperazine rings is 1. The first-order valence-electron chi connectivity index (χ1n) is 10.6. The highest BCUT2D eigenvalue weighted by atomic mass is 32.2. The number of aldehydes is 1. The maximum Gasteiger partial charge on any atom is 0.229 e. The van der Waals surface area contributed by atoms with Gasteiger partial charge in [0.05, 0.1) is 23.3 Å². The molecule has 2 aliphatic rings. The van der Waals surface area contributed by atoms with Crippen molar-refractivity contribution in [3.63, 3.8) is 0 Å². The van der Waals surface area contributed by atoms with Crippen molar-refractivity contribution in [1.29, 1.82) is 0 Å². The van der Waals surface area contributed by atoms with Crippen molar-refractivity contribution in [1.82, 2.24) is 15.2 Å². The molecule has 10 heteroatoms. The molecule has 1 saturated heterocycles. The molecule has 2 unspecified atom stereocenters. The van der Waals surface area contributed by atoms with E-state index in [1.54, 1.807) is 24.4 Å². The molecule has 0 radical (unpaired) electrons. The van der Waals surface area contributed by atoms with Crippen LogP contribution in [0, 0.1) is 0 Å². The van der Waals surface area contributed by atoms with E-state index in [0.29, 0.717) is 36.4 Å². The Hall–Kier alpha value is -2.82. The van der Waals surface area contributed by atoms with Crippen molar-refractivity contribution in [2.24, 2.45) is 4.99 Å². The standard InChI is InChI=1S/C22H28N6O3S/c1-15(2)25-20-5-4-8-24-21(20)22(28-10-9-23-13-18(28)14-29)12-16-11-17(27-32(3,30)31)6-7-19(16)26-22/h4-8,11-12,14-15,18,23,25,27H,9-10,13H2,1-3H3. The van der Waals surface area contributed by atoms with Crippen LogP contribution in [-0.2, 0) is 20.5 Å². The average molecular weight is 457 g/mol. The van der Waals surface area contributed by atoms with Crippen LogP contribution in [0.15, 0.2) is 41.5 Å². The summed E-state index contributed by atoms with van der Waals surface area (Å²) in [5.74, 6) is 0. The summed E-state index contributed by atoms with van der Waals surface area (Å²) < 4.78 is 25.9. The number of fused-ring (bicyclic) bond motifs is 1. The molecule has 2 atom stereocenters. The normalized spacial score (nSPS) is 23.2. The molecule has 32 heavy (non-hydrogen) atoms. The second-order valence-electron chi connectivity index (χ2n) is 8.43. The molecule has 4 rings (SSSR count). The Bertz CT molecular complexity index is 1250. The van der Waals surface area contributed by atoms with Crippen molar-refractivity contribution in [2.45, 2.75) is 31.6 Å². The van der Waals surface area contributed by atoms with E-state index in [-0.39, 0.29) is 12.1 Å². The van der Waals surface area contributed by atoms with E-state index in [1.807, 2.05) is 18.2 Å². The van der Waals surface area contributed by atoms with Crippen LogP contribution in [0.25, 0.3) is 6.08 Å². The number of pyridine rings is 1. The van der Waals surface area contributed by atoms with Crippen molar-refractivity contribution >= 4 is 33.8 Å². The van der Waals surface area contributed by atoms with Gasteiger partial charge in [-0.15, -0.1) is 0 Å². The third kappa shape index (κ3) is 4.38. The second kappa shape index (κ2) is 8.61. The molecule has 1 fully saturated rings. The topological polar surface area (TPSA) is 116 Å². The Morgan fingerprint density at radius 3 is 2.84 bits per heavy atom.